The Morgan fingerprint density at radius 3 is 2.20 bits per heavy atom. The molecule has 3 atom stereocenters. The van der Waals surface area contributed by atoms with Gasteiger partial charge in [0.05, 0.1) is 12.5 Å². The number of nitrogens with zero attached hydrogens (tertiary/aromatic N) is 1. The van der Waals surface area contributed by atoms with Crippen LogP contribution in [0.3, 0.4) is 0 Å². The molecule has 0 saturated heterocycles. The fourth-order valence-corrected chi connectivity index (χ4v) is 4.40. The summed E-state index contributed by atoms with van der Waals surface area (Å²) in [5.41, 5.74) is 2.69. The van der Waals surface area contributed by atoms with E-state index >= 15 is 0 Å². The van der Waals surface area contributed by atoms with Gasteiger partial charge in [-0.2, -0.15) is 0 Å². The molecule has 0 aromatic heterocycles. The summed E-state index contributed by atoms with van der Waals surface area (Å²) in [5, 5.41) is 5.27. The Bertz CT molecular complexity index is 1250. The van der Waals surface area contributed by atoms with Gasteiger partial charge in [-0.1, -0.05) is 54.6 Å². The molecule has 4 rings (SSSR count). The molecule has 1 aliphatic rings. The van der Waals surface area contributed by atoms with Crippen molar-refractivity contribution in [1.82, 2.24) is 15.5 Å². The van der Waals surface area contributed by atoms with Gasteiger partial charge in [0.25, 0.3) is 0 Å². The molecule has 8 heteroatoms. The third-order valence-corrected chi connectivity index (χ3v) is 6.04. The van der Waals surface area contributed by atoms with Gasteiger partial charge in [0.15, 0.2) is 0 Å². The lowest BCUT2D eigenvalue weighted by molar-refractivity contribution is -0.138. The first-order valence-electron chi connectivity index (χ1n) is 11.2. The van der Waals surface area contributed by atoms with E-state index in [0.717, 1.165) is 29.3 Å². The topological polar surface area (TPSA) is 78.5 Å². The van der Waals surface area contributed by atoms with E-state index in [4.69, 9.17) is 0 Å². The maximum absolute atomic E-state index is 13.4. The highest BCUT2D eigenvalue weighted by Crippen LogP contribution is 2.38. The molecule has 3 aromatic rings. The highest BCUT2D eigenvalue weighted by atomic mass is 19.1. The van der Waals surface area contributed by atoms with Crippen molar-refractivity contribution in [2.24, 2.45) is 0 Å². The van der Waals surface area contributed by atoms with Gasteiger partial charge in [-0.3, -0.25) is 14.4 Å². The monoisotopic (exact) mass is 477 g/mol. The Kier molecular flexibility index (Phi) is 6.91. The van der Waals surface area contributed by atoms with Gasteiger partial charge in [-0.25, -0.2) is 8.78 Å². The zero-order chi connectivity index (χ0) is 25.1. The normalized spacial score (nSPS) is 17.9. The van der Waals surface area contributed by atoms with Crippen LogP contribution in [0.1, 0.15) is 41.3 Å². The lowest BCUT2D eigenvalue weighted by atomic mass is 9.85. The van der Waals surface area contributed by atoms with E-state index in [2.05, 4.69) is 10.6 Å². The number of benzene rings is 3. The van der Waals surface area contributed by atoms with Gasteiger partial charge in [0.1, 0.15) is 23.7 Å². The number of amides is 3. The third-order valence-electron chi connectivity index (χ3n) is 6.04. The highest BCUT2D eigenvalue weighted by molar-refractivity contribution is 5.94. The quantitative estimate of drug-likeness (QED) is 0.571. The van der Waals surface area contributed by atoms with Crippen LogP contribution < -0.4 is 10.6 Å². The summed E-state index contributed by atoms with van der Waals surface area (Å²) in [6.07, 6.45) is -0.293. The molecule has 3 unspecified atom stereocenters. The number of likely N-dealkylation sites (N-methyl/N-ethyl adjacent to an activating group) is 1. The zero-order valence-corrected chi connectivity index (χ0v) is 19.3. The summed E-state index contributed by atoms with van der Waals surface area (Å²) < 4.78 is 26.8. The van der Waals surface area contributed by atoms with Gasteiger partial charge >= 0.3 is 0 Å². The zero-order valence-electron chi connectivity index (χ0n) is 19.3. The minimum atomic E-state index is -0.974. The van der Waals surface area contributed by atoms with Crippen LogP contribution in [0, 0.1) is 11.6 Å². The summed E-state index contributed by atoms with van der Waals surface area (Å²) in [6, 6.07) is 17.7. The molecule has 3 aromatic carbocycles. The molecule has 1 aliphatic heterocycles. The van der Waals surface area contributed by atoms with Crippen LogP contribution >= 0.6 is 0 Å². The fraction of sp³-hybridized carbons (Fsp3) is 0.222. The molecule has 2 N–H and O–H groups in total. The van der Waals surface area contributed by atoms with Crippen molar-refractivity contribution in [3.63, 3.8) is 0 Å². The van der Waals surface area contributed by atoms with Gasteiger partial charge in [0.2, 0.25) is 17.7 Å². The van der Waals surface area contributed by atoms with Crippen molar-refractivity contribution in [3.05, 3.63) is 107 Å². The molecule has 0 aliphatic carbocycles. The molecular weight excluding hydrogens is 452 g/mol. The number of fused-ring (bicyclic) bond motifs is 1. The van der Waals surface area contributed by atoms with Crippen LogP contribution in [0.2, 0.25) is 0 Å². The predicted octanol–water partition coefficient (Wildman–Crippen LogP) is 3.43. The van der Waals surface area contributed by atoms with Crippen LogP contribution in [0.5, 0.6) is 0 Å². The van der Waals surface area contributed by atoms with Crippen molar-refractivity contribution in [2.45, 2.75) is 31.5 Å². The van der Waals surface area contributed by atoms with Crippen LogP contribution in [0.25, 0.3) is 0 Å². The standard InChI is InChI=1S/C27H25F2N3O3/c1-16(30-23(33)14-17-12-19(28)15-20(29)13-17)26(34)31-24-21-10-6-7-11-22(21)25(32(2)27(24)35)18-8-4-3-5-9-18/h3-13,15-16,24-25H,14H2,1-2H3,(H,30,33)(H,31,34). The molecule has 0 spiro atoms. The lowest BCUT2D eigenvalue weighted by Crippen LogP contribution is -2.52. The van der Waals surface area contributed by atoms with Crippen molar-refractivity contribution in [2.75, 3.05) is 7.05 Å². The van der Waals surface area contributed by atoms with Crippen molar-refractivity contribution < 1.29 is 23.2 Å². The minimum absolute atomic E-state index is 0.151. The second kappa shape index (κ2) is 10.0. The van der Waals surface area contributed by atoms with Crippen molar-refractivity contribution in [1.29, 1.82) is 0 Å². The van der Waals surface area contributed by atoms with Crippen LogP contribution in [-0.4, -0.2) is 35.7 Å². The fourth-order valence-electron chi connectivity index (χ4n) is 4.40. The van der Waals surface area contributed by atoms with Gasteiger partial charge in [-0.15, -0.1) is 0 Å². The summed E-state index contributed by atoms with van der Waals surface area (Å²) in [7, 11) is 1.69. The Hall–Kier alpha value is -4.07. The highest BCUT2D eigenvalue weighted by Gasteiger charge is 2.39. The maximum atomic E-state index is 13.4. The first-order chi connectivity index (χ1) is 16.7. The molecule has 0 radical (unpaired) electrons. The van der Waals surface area contributed by atoms with Crippen LogP contribution in [0.15, 0.2) is 72.8 Å². The molecule has 1 heterocycles. The van der Waals surface area contributed by atoms with Crippen LogP contribution in [0.4, 0.5) is 8.78 Å². The summed E-state index contributed by atoms with van der Waals surface area (Å²) >= 11 is 0. The number of carbonyl (C=O) groups is 3. The molecule has 0 saturated carbocycles. The van der Waals surface area contributed by atoms with Gasteiger partial charge in [-0.05, 0) is 41.3 Å². The molecule has 180 valence electrons. The number of hydrogen-bond acceptors (Lipinski definition) is 3. The summed E-state index contributed by atoms with van der Waals surface area (Å²) in [4.78, 5) is 40.2. The van der Waals surface area contributed by atoms with E-state index in [9.17, 15) is 23.2 Å². The summed E-state index contributed by atoms with van der Waals surface area (Å²) in [6.45, 7) is 1.48. The van der Waals surface area contributed by atoms with Gasteiger partial charge in [0, 0.05) is 13.1 Å². The van der Waals surface area contributed by atoms with Crippen LogP contribution in [-0.2, 0) is 20.8 Å². The van der Waals surface area contributed by atoms with E-state index in [1.165, 1.54) is 6.92 Å². The largest absolute Gasteiger partial charge is 0.344 e. The molecule has 0 bridgehead atoms. The Morgan fingerprint density at radius 1 is 0.943 bits per heavy atom. The average molecular weight is 478 g/mol. The summed E-state index contributed by atoms with van der Waals surface area (Å²) in [5.74, 6) is -2.98. The van der Waals surface area contributed by atoms with Crippen molar-refractivity contribution in [3.8, 4) is 0 Å². The molecule has 3 amide bonds. The molecule has 6 nitrogen and oxygen atoms in total. The number of carbonyl (C=O) groups excluding carboxylic acids is 3. The minimum Gasteiger partial charge on any atom is -0.344 e. The lowest BCUT2D eigenvalue weighted by Gasteiger charge is -2.39. The number of nitrogens with one attached hydrogen (secondary N) is 2. The first kappa shape index (κ1) is 24.1. The second-order valence-corrected chi connectivity index (χ2v) is 8.58. The van der Waals surface area contributed by atoms with Crippen molar-refractivity contribution >= 4 is 17.7 Å². The number of hydrogen-bond donors (Lipinski definition) is 2. The smallest absolute Gasteiger partial charge is 0.250 e. The predicted molar refractivity (Wildman–Crippen MR) is 126 cm³/mol. The molecule has 0 fully saturated rings. The maximum Gasteiger partial charge on any atom is 0.250 e. The molecular formula is C27H25F2N3O3. The van der Waals surface area contributed by atoms with Gasteiger partial charge < -0.3 is 15.5 Å². The Labute approximate surface area is 201 Å². The van der Waals surface area contributed by atoms with E-state index in [1.54, 1.807) is 11.9 Å². The molecule has 35 heavy (non-hydrogen) atoms. The SMILES string of the molecule is CC(NC(=O)Cc1cc(F)cc(F)c1)C(=O)NC1C(=O)N(C)C(c2ccccc2)c2ccccc21. The third kappa shape index (κ3) is 5.21. The number of rotatable bonds is 6. The average Bonchev–Trinajstić information content (AvgIpc) is 2.81. The van der Waals surface area contributed by atoms with E-state index in [0.29, 0.717) is 5.56 Å². The van der Waals surface area contributed by atoms with E-state index in [-0.39, 0.29) is 23.9 Å². The van der Waals surface area contributed by atoms with E-state index in [1.807, 2.05) is 54.6 Å². The Balaban J connectivity index is 1.49. The van der Waals surface area contributed by atoms with E-state index < -0.39 is 35.5 Å². The number of halogens is 2. The Morgan fingerprint density at radius 2 is 1.54 bits per heavy atom. The first-order valence-corrected chi connectivity index (χ1v) is 11.2. The second-order valence-electron chi connectivity index (χ2n) is 8.58.